The van der Waals surface area contributed by atoms with Crippen LogP contribution in [-0.2, 0) is 0 Å². The minimum absolute atomic E-state index is 0.587. The summed E-state index contributed by atoms with van der Waals surface area (Å²) in [5, 5.41) is 0. The number of unbranched alkanes of at least 4 members (excludes halogenated alkanes) is 3. The van der Waals surface area contributed by atoms with E-state index in [0.29, 0.717) is 3.58 Å². The molecule has 0 heterocycles. The molecule has 0 nitrogen and oxygen atoms in total. The summed E-state index contributed by atoms with van der Waals surface area (Å²) in [6.45, 7) is 6.41. The van der Waals surface area contributed by atoms with Gasteiger partial charge in [-0.1, -0.05) is 0 Å². The molecule has 0 aliphatic carbocycles. The Morgan fingerprint density at radius 1 is 0.727 bits per heavy atom. The molecule has 4 heteroatoms. The van der Waals surface area contributed by atoms with E-state index in [4.69, 9.17) is 0 Å². The van der Waals surface area contributed by atoms with Crippen molar-refractivity contribution in [2.45, 2.75) is 72.6 Å². The summed E-state index contributed by atoms with van der Waals surface area (Å²) in [6, 6.07) is 2.69. The van der Waals surface area contributed by atoms with Gasteiger partial charge >= 0.3 is 137 Å². The van der Waals surface area contributed by atoms with Crippen LogP contribution in [0.15, 0.2) is 12.1 Å². The molecule has 0 fully saturated rings. The molecule has 1 rings (SSSR count). The number of hydrogen-bond donors (Lipinski definition) is 0. The van der Waals surface area contributed by atoms with Crippen LogP contribution in [0.3, 0.4) is 0 Å². The molecular formula is C18H29F3Sn. The summed E-state index contributed by atoms with van der Waals surface area (Å²) in [5.74, 6) is -3.23. The zero-order valence-corrected chi connectivity index (χ0v) is 17.0. The summed E-state index contributed by atoms with van der Waals surface area (Å²) in [7, 11) is 0. The third-order valence-electron chi connectivity index (χ3n) is 4.63. The third-order valence-corrected chi connectivity index (χ3v) is 20.2. The molecule has 0 aliphatic rings. The maximum atomic E-state index is 14.5. The van der Waals surface area contributed by atoms with Gasteiger partial charge in [-0.15, -0.1) is 0 Å². The second-order valence-electron chi connectivity index (χ2n) is 6.31. The zero-order chi connectivity index (χ0) is 16.6. The van der Waals surface area contributed by atoms with Crippen LogP contribution >= 0.6 is 0 Å². The molecule has 0 saturated carbocycles. The summed E-state index contributed by atoms with van der Waals surface area (Å²) in [5.41, 5.74) is 0. The Kier molecular flexibility index (Phi) is 8.88. The van der Waals surface area contributed by atoms with Gasteiger partial charge in [0.15, 0.2) is 0 Å². The fourth-order valence-corrected chi connectivity index (χ4v) is 19.4. The van der Waals surface area contributed by atoms with Crippen molar-refractivity contribution < 1.29 is 13.2 Å². The van der Waals surface area contributed by atoms with Gasteiger partial charge in [-0.3, -0.25) is 0 Å². The SMILES string of the molecule is CCC[CH2][Sn]([CH2]CCC)([CH2]CCC)[c]1ccc(F)c(F)c1F. The topological polar surface area (TPSA) is 0 Å². The first-order valence-electron chi connectivity index (χ1n) is 8.66. The van der Waals surface area contributed by atoms with Gasteiger partial charge in [-0.05, 0) is 0 Å². The van der Waals surface area contributed by atoms with Gasteiger partial charge in [0.25, 0.3) is 0 Å². The number of benzene rings is 1. The van der Waals surface area contributed by atoms with Crippen molar-refractivity contribution in [1.29, 1.82) is 0 Å². The van der Waals surface area contributed by atoms with E-state index in [9.17, 15) is 13.2 Å². The molecule has 0 bridgehead atoms. The zero-order valence-electron chi connectivity index (χ0n) is 14.2. The van der Waals surface area contributed by atoms with E-state index in [1.54, 1.807) is 6.07 Å². The Labute approximate surface area is 137 Å². The molecular weight excluding hydrogens is 392 g/mol. The van der Waals surface area contributed by atoms with Crippen LogP contribution in [0.2, 0.25) is 13.3 Å². The molecule has 0 saturated heterocycles. The Balaban J connectivity index is 3.28. The Bertz CT molecular complexity index is 438. The maximum absolute atomic E-state index is 14.5. The predicted molar refractivity (Wildman–Crippen MR) is 90.8 cm³/mol. The van der Waals surface area contributed by atoms with Gasteiger partial charge < -0.3 is 0 Å². The molecule has 1 aromatic carbocycles. The van der Waals surface area contributed by atoms with Crippen molar-refractivity contribution in [3.05, 3.63) is 29.6 Å². The molecule has 0 radical (unpaired) electrons. The van der Waals surface area contributed by atoms with Crippen LogP contribution in [-0.4, -0.2) is 18.4 Å². The van der Waals surface area contributed by atoms with E-state index >= 15 is 0 Å². The van der Waals surface area contributed by atoms with Crippen LogP contribution in [0.25, 0.3) is 0 Å². The molecule has 22 heavy (non-hydrogen) atoms. The minimum atomic E-state index is -3.01. The van der Waals surface area contributed by atoms with E-state index in [2.05, 4.69) is 20.8 Å². The van der Waals surface area contributed by atoms with E-state index in [0.717, 1.165) is 57.9 Å². The van der Waals surface area contributed by atoms with Crippen LogP contribution in [0.1, 0.15) is 59.3 Å². The molecule has 1 aromatic rings. The fraction of sp³-hybridized carbons (Fsp3) is 0.667. The third kappa shape index (κ3) is 4.90. The van der Waals surface area contributed by atoms with E-state index in [-0.39, 0.29) is 0 Å². The Hall–Kier alpha value is -0.191. The fourth-order valence-electron chi connectivity index (χ4n) is 3.26. The summed E-state index contributed by atoms with van der Waals surface area (Å²) < 4.78 is 45.3. The van der Waals surface area contributed by atoms with Crippen LogP contribution in [0.5, 0.6) is 0 Å². The van der Waals surface area contributed by atoms with Crippen molar-refractivity contribution in [3.63, 3.8) is 0 Å². The van der Waals surface area contributed by atoms with E-state index < -0.39 is 35.8 Å². The molecule has 0 atom stereocenters. The summed E-state index contributed by atoms with van der Waals surface area (Å²) in [4.78, 5) is 0. The van der Waals surface area contributed by atoms with Gasteiger partial charge in [0.05, 0.1) is 0 Å². The van der Waals surface area contributed by atoms with Crippen molar-refractivity contribution in [1.82, 2.24) is 0 Å². The second-order valence-corrected chi connectivity index (χ2v) is 19.4. The summed E-state index contributed by atoms with van der Waals surface area (Å²) >= 11 is -3.01. The summed E-state index contributed by atoms with van der Waals surface area (Å²) in [6.07, 6.45) is 6.43. The Morgan fingerprint density at radius 3 is 1.59 bits per heavy atom. The van der Waals surface area contributed by atoms with Crippen molar-refractivity contribution in [2.24, 2.45) is 0 Å². The second kappa shape index (κ2) is 9.84. The van der Waals surface area contributed by atoms with Gasteiger partial charge in [0.1, 0.15) is 0 Å². The van der Waals surface area contributed by atoms with Gasteiger partial charge in [0, 0.05) is 0 Å². The quantitative estimate of drug-likeness (QED) is 0.314. The number of rotatable bonds is 10. The number of halogens is 3. The molecule has 126 valence electrons. The molecule has 0 amide bonds. The molecule has 0 aromatic heterocycles. The first-order chi connectivity index (χ1) is 10.5. The molecule has 0 N–H and O–H groups in total. The van der Waals surface area contributed by atoms with Crippen molar-refractivity contribution in [3.8, 4) is 0 Å². The predicted octanol–water partition coefficient (Wildman–Crippen LogP) is 6.16. The van der Waals surface area contributed by atoms with Gasteiger partial charge in [0.2, 0.25) is 0 Å². The average Bonchev–Trinajstić information content (AvgIpc) is 2.53. The van der Waals surface area contributed by atoms with Crippen LogP contribution in [0, 0.1) is 17.5 Å². The Morgan fingerprint density at radius 2 is 1.18 bits per heavy atom. The molecule has 0 spiro atoms. The van der Waals surface area contributed by atoms with Crippen LogP contribution < -0.4 is 3.58 Å². The van der Waals surface area contributed by atoms with Crippen molar-refractivity contribution >= 4 is 22.0 Å². The molecule has 0 aliphatic heterocycles. The van der Waals surface area contributed by atoms with Gasteiger partial charge in [-0.25, -0.2) is 0 Å². The standard InChI is InChI=1S/C6H2F3.3C4H9.Sn/c7-4-2-1-3-5(8)6(4)9;3*1-3-4-2;/h1-2H;3*1,3-4H2,2H3;. The van der Waals surface area contributed by atoms with Gasteiger partial charge in [-0.2, -0.15) is 0 Å². The molecule has 0 unspecified atom stereocenters. The monoisotopic (exact) mass is 422 g/mol. The normalized spacial score (nSPS) is 11.9. The first-order valence-corrected chi connectivity index (χ1v) is 16.1. The van der Waals surface area contributed by atoms with E-state index in [1.165, 1.54) is 0 Å². The van der Waals surface area contributed by atoms with Crippen LogP contribution in [0.4, 0.5) is 13.2 Å². The van der Waals surface area contributed by atoms with Crippen molar-refractivity contribution in [2.75, 3.05) is 0 Å². The number of hydrogen-bond acceptors (Lipinski definition) is 0. The first kappa shape index (κ1) is 19.9. The van der Waals surface area contributed by atoms with E-state index in [1.807, 2.05) is 0 Å². The average molecular weight is 421 g/mol.